The molecule has 88 valence electrons. The van der Waals surface area contributed by atoms with Gasteiger partial charge in [0, 0.05) is 5.69 Å². The van der Waals surface area contributed by atoms with E-state index in [0.717, 1.165) is 29.8 Å². The third-order valence-corrected chi connectivity index (χ3v) is 2.94. The zero-order chi connectivity index (χ0) is 11.5. The molecule has 2 unspecified atom stereocenters. The standard InChI is InChI=1S/C13H19NO2/c1-9-7-11(14)4-6-13(9)15-8-12-5-3-10(2)16-12/h4,6-7,10,12H,3,5,8,14H2,1-2H3. The molecule has 3 heteroatoms. The van der Waals surface area contributed by atoms with Gasteiger partial charge in [-0.1, -0.05) is 0 Å². The molecule has 3 nitrogen and oxygen atoms in total. The quantitative estimate of drug-likeness (QED) is 0.798. The van der Waals surface area contributed by atoms with Gasteiger partial charge >= 0.3 is 0 Å². The average Bonchev–Trinajstić information content (AvgIpc) is 2.63. The van der Waals surface area contributed by atoms with Crippen LogP contribution in [0, 0.1) is 6.92 Å². The summed E-state index contributed by atoms with van der Waals surface area (Å²) in [5.74, 6) is 0.900. The second kappa shape index (κ2) is 4.74. The van der Waals surface area contributed by atoms with Crippen molar-refractivity contribution in [3.05, 3.63) is 23.8 Å². The summed E-state index contributed by atoms with van der Waals surface area (Å²) in [4.78, 5) is 0. The monoisotopic (exact) mass is 221 g/mol. The second-order valence-corrected chi connectivity index (χ2v) is 4.48. The van der Waals surface area contributed by atoms with Gasteiger partial charge in [0.15, 0.2) is 0 Å². The molecular formula is C13H19NO2. The zero-order valence-electron chi connectivity index (χ0n) is 9.90. The number of anilines is 1. The molecule has 0 aromatic heterocycles. The van der Waals surface area contributed by atoms with Gasteiger partial charge in [0.05, 0.1) is 12.2 Å². The van der Waals surface area contributed by atoms with E-state index < -0.39 is 0 Å². The number of hydrogen-bond acceptors (Lipinski definition) is 3. The van der Waals surface area contributed by atoms with E-state index in [9.17, 15) is 0 Å². The predicted octanol–water partition coefficient (Wildman–Crippen LogP) is 2.52. The number of nitrogen functional groups attached to an aromatic ring is 1. The van der Waals surface area contributed by atoms with Crippen LogP contribution in [0.3, 0.4) is 0 Å². The number of nitrogens with two attached hydrogens (primary N) is 1. The second-order valence-electron chi connectivity index (χ2n) is 4.48. The first-order valence-corrected chi connectivity index (χ1v) is 5.79. The number of aryl methyl sites for hydroxylation is 1. The van der Waals surface area contributed by atoms with E-state index in [1.54, 1.807) is 0 Å². The molecule has 16 heavy (non-hydrogen) atoms. The third kappa shape index (κ3) is 2.67. The molecule has 2 atom stereocenters. The fraction of sp³-hybridized carbons (Fsp3) is 0.538. The molecule has 0 radical (unpaired) electrons. The molecule has 0 saturated carbocycles. The molecule has 1 aromatic carbocycles. The third-order valence-electron chi connectivity index (χ3n) is 2.94. The van der Waals surface area contributed by atoms with Crippen LogP contribution in [0.1, 0.15) is 25.3 Å². The van der Waals surface area contributed by atoms with E-state index in [4.69, 9.17) is 15.2 Å². The summed E-state index contributed by atoms with van der Waals surface area (Å²) in [5.41, 5.74) is 7.53. The van der Waals surface area contributed by atoms with Gasteiger partial charge < -0.3 is 15.2 Å². The predicted molar refractivity (Wildman–Crippen MR) is 64.7 cm³/mol. The molecule has 1 heterocycles. The number of rotatable bonds is 3. The number of benzene rings is 1. The Morgan fingerprint density at radius 3 is 2.88 bits per heavy atom. The van der Waals surface area contributed by atoms with Crippen LogP contribution in [-0.2, 0) is 4.74 Å². The van der Waals surface area contributed by atoms with Crippen LogP contribution in [-0.4, -0.2) is 18.8 Å². The first-order chi connectivity index (χ1) is 7.65. The molecule has 2 N–H and O–H groups in total. The Labute approximate surface area is 96.5 Å². The minimum absolute atomic E-state index is 0.243. The van der Waals surface area contributed by atoms with Crippen molar-refractivity contribution >= 4 is 5.69 Å². The lowest BCUT2D eigenvalue weighted by Gasteiger charge is -2.14. The molecule has 0 amide bonds. The normalized spacial score (nSPS) is 24.6. The summed E-state index contributed by atoms with van der Waals surface area (Å²) in [6.45, 7) is 4.74. The fourth-order valence-electron chi connectivity index (χ4n) is 2.03. The highest BCUT2D eigenvalue weighted by molar-refractivity contribution is 5.47. The molecule has 1 aliphatic heterocycles. The van der Waals surface area contributed by atoms with Crippen molar-refractivity contribution in [1.29, 1.82) is 0 Å². The van der Waals surface area contributed by atoms with Gasteiger partial charge in [-0.15, -0.1) is 0 Å². The Hall–Kier alpha value is -1.22. The van der Waals surface area contributed by atoms with Gasteiger partial charge in [-0.3, -0.25) is 0 Å². The minimum Gasteiger partial charge on any atom is -0.491 e. The van der Waals surface area contributed by atoms with Gasteiger partial charge in [-0.05, 0) is 50.5 Å². The van der Waals surface area contributed by atoms with Crippen LogP contribution in [0.15, 0.2) is 18.2 Å². The maximum atomic E-state index is 5.74. The SMILES string of the molecule is Cc1cc(N)ccc1OCC1CCC(C)O1. The molecule has 1 aromatic rings. The Morgan fingerprint density at radius 1 is 1.44 bits per heavy atom. The first-order valence-electron chi connectivity index (χ1n) is 5.79. The van der Waals surface area contributed by atoms with Gasteiger partial charge in [0.1, 0.15) is 12.4 Å². The lowest BCUT2D eigenvalue weighted by molar-refractivity contribution is 0.0263. The maximum absolute atomic E-state index is 5.74. The largest absolute Gasteiger partial charge is 0.491 e. The summed E-state index contributed by atoms with van der Waals surface area (Å²) in [6.07, 6.45) is 2.84. The maximum Gasteiger partial charge on any atom is 0.122 e. The first kappa shape index (κ1) is 11.3. The smallest absolute Gasteiger partial charge is 0.122 e. The molecule has 0 aliphatic carbocycles. The van der Waals surface area contributed by atoms with Crippen LogP contribution >= 0.6 is 0 Å². The van der Waals surface area contributed by atoms with Crippen molar-refractivity contribution in [3.63, 3.8) is 0 Å². The minimum atomic E-state index is 0.243. The van der Waals surface area contributed by atoms with E-state index >= 15 is 0 Å². The van der Waals surface area contributed by atoms with Gasteiger partial charge in [-0.2, -0.15) is 0 Å². The summed E-state index contributed by atoms with van der Waals surface area (Å²) in [5, 5.41) is 0. The number of ether oxygens (including phenoxy) is 2. The van der Waals surface area contributed by atoms with Gasteiger partial charge in [-0.25, -0.2) is 0 Å². The van der Waals surface area contributed by atoms with Gasteiger partial charge in [0.2, 0.25) is 0 Å². The van der Waals surface area contributed by atoms with Crippen molar-refractivity contribution < 1.29 is 9.47 Å². The van der Waals surface area contributed by atoms with Crippen LogP contribution in [0.25, 0.3) is 0 Å². The molecule has 0 bridgehead atoms. The topological polar surface area (TPSA) is 44.5 Å². The highest BCUT2D eigenvalue weighted by atomic mass is 16.5. The van der Waals surface area contributed by atoms with Crippen molar-refractivity contribution in [2.24, 2.45) is 0 Å². The van der Waals surface area contributed by atoms with E-state index in [1.165, 1.54) is 0 Å². The lowest BCUT2D eigenvalue weighted by Crippen LogP contribution is -2.18. The Bertz CT molecular complexity index is 365. The van der Waals surface area contributed by atoms with E-state index in [-0.39, 0.29) is 6.10 Å². The van der Waals surface area contributed by atoms with Crippen LogP contribution in [0.4, 0.5) is 5.69 Å². The fourth-order valence-corrected chi connectivity index (χ4v) is 2.03. The number of hydrogen-bond donors (Lipinski definition) is 1. The highest BCUT2D eigenvalue weighted by Crippen LogP contribution is 2.23. The van der Waals surface area contributed by atoms with Crippen molar-refractivity contribution in [2.75, 3.05) is 12.3 Å². The molecule has 2 rings (SSSR count). The summed E-state index contributed by atoms with van der Waals surface area (Å²) in [7, 11) is 0. The summed E-state index contributed by atoms with van der Waals surface area (Å²) in [6, 6.07) is 5.71. The molecule has 1 saturated heterocycles. The Kier molecular flexibility index (Phi) is 3.34. The van der Waals surface area contributed by atoms with E-state index in [2.05, 4.69) is 6.92 Å². The molecule has 1 aliphatic rings. The van der Waals surface area contributed by atoms with Crippen molar-refractivity contribution in [3.8, 4) is 5.75 Å². The van der Waals surface area contributed by atoms with E-state index in [1.807, 2.05) is 25.1 Å². The summed E-state index contributed by atoms with van der Waals surface area (Å²) < 4.78 is 11.4. The van der Waals surface area contributed by atoms with Crippen LogP contribution in [0.5, 0.6) is 5.75 Å². The lowest BCUT2D eigenvalue weighted by atomic mass is 10.2. The van der Waals surface area contributed by atoms with Crippen molar-refractivity contribution in [2.45, 2.75) is 38.9 Å². The molecule has 0 spiro atoms. The zero-order valence-corrected chi connectivity index (χ0v) is 9.90. The Balaban J connectivity index is 1.89. The van der Waals surface area contributed by atoms with Gasteiger partial charge in [0.25, 0.3) is 0 Å². The average molecular weight is 221 g/mol. The van der Waals surface area contributed by atoms with Crippen LogP contribution in [0.2, 0.25) is 0 Å². The molecule has 1 fully saturated rings. The molecular weight excluding hydrogens is 202 g/mol. The highest BCUT2D eigenvalue weighted by Gasteiger charge is 2.22. The Morgan fingerprint density at radius 2 is 2.25 bits per heavy atom. The summed E-state index contributed by atoms with van der Waals surface area (Å²) >= 11 is 0. The van der Waals surface area contributed by atoms with Crippen LogP contribution < -0.4 is 10.5 Å². The van der Waals surface area contributed by atoms with Crippen molar-refractivity contribution in [1.82, 2.24) is 0 Å². The van der Waals surface area contributed by atoms with E-state index in [0.29, 0.717) is 12.7 Å².